The Morgan fingerprint density at radius 1 is 1.28 bits per heavy atom. The molecule has 7 nitrogen and oxygen atoms in total. The van der Waals surface area contributed by atoms with E-state index in [1.54, 1.807) is 20.2 Å². The topological polar surface area (TPSA) is 88.9 Å². The van der Waals surface area contributed by atoms with Crippen LogP contribution >= 0.6 is 11.3 Å². The first-order chi connectivity index (χ1) is 12.0. The number of hydrogen-bond donors (Lipinski definition) is 2. The number of anilines is 1. The third-order valence-corrected chi connectivity index (χ3v) is 5.05. The highest BCUT2D eigenvalue weighted by Gasteiger charge is 2.18. The Balaban J connectivity index is 1.66. The van der Waals surface area contributed by atoms with Gasteiger partial charge in [-0.05, 0) is 37.1 Å². The molecular formula is C17H19N5O2S. The van der Waals surface area contributed by atoms with Crippen LogP contribution in [0.2, 0.25) is 0 Å². The van der Waals surface area contributed by atoms with Gasteiger partial charge in [0.15, 0.2) is 0 Å². The van der Waals surface area contributed by atoms with E-state index >= 15 is 0 Å². The number of hydrogen-bond acceptors (Lipinski definition) is 6. The Hall–Kier alpha value is -2.74. The Kier molecular flexibility index (Phi) is 4.80. The standard InChI is InChI=1S/C17H19N5O2S/c1-10-4-5-18-12(8-10)19-6-7-20-15(23)14-11(2)13-16(25-14)21-9-22(3)17(13)24/h4-5,8-9H,6-7H2,1-3H3,(H,18,19)(H,20,23). The number of carbonyl (C=O) groups is 1. The predicted octanol–water partition coefficient (Wildman–Crippen LogP) is 1.85. The first-order valence-electron chi connectivity index (χ1n) is 7.87. The zero-order valence-electron chi connectivity index (χ0n) is 14.3. The highest BCUT2D eigenvalue weighted by Crippen LogP contribution is 2.26. The minimum Gasteiger partial charge on any atom is -0.368 e. The summed E-state index contributed by atoms with van der Waals surface area (Å²) < 4.78 is 1.42. The summed E-state index contributed by atoms with van der Waals surface area (Å²) in [6.07, 6.45) is 3.21. The molecule has 0 aliphatic rings. The average molecular weight is 357 g/mol. The second-order valence-electron chi connectivity index (χ2n) is 5.80. The van der Waals surface area contributed by atoms with Gasteiger partial charge in [0.2, 0.25) is 0 Å². The minimum atomic E-state index is -0.193. The third kappa shape index (κ3) is 3.53. The van der Waals surface area contributed by atoms with Crippen molar-refractivity contribution >= 4 is 33.3 Å². The van der Waals surface area contributed by atoms with Crippen molar-refractivity contribution in [3.63, 3.8) is 0 Å². The van der Waals surface area contributed by atoms with Crippen LogP contribution in [0.25, 0.3) is 10.2 Å². The van der Waals surface area contributed by atoms with Crippen molar-refractivity contribution < 1.29 is 4.79 Å². The molecule has 0 bridgehead atoms. The molecule has 1 amide bonds. The fourth-order valence-corrected chi connectivity index (χ4v) is 3.56. The lowest BCUT2D eigenvalue weighted by atomic mass is 10.2. The Morgan fingerprint density at radius 3 is 2.84 bits per heavy atom. The maximum Gasteiger partial charge on any atom is 0.262 e. The van der Waals surface area contributed by atoms with Gasteiger partial charge in [-0.3, -0.25) is 9.59 Å². The van der Waals surface area contributed by atoms with Crippen LogP contribution < -0.4 is 16.2 Å². The van der Waals surface area contributed by atoms with Gasteiger partial charge in [0.1, 0.15) is 10.6 Å². The molecule has 0 aromatic carbocycles. The van der Waals surface area contributed by atoms with Crippen LogP contribution in [0.4, 0.5) is 5.82 Å². The molecule has 0 fully saturated rings. The number of thiophene rings is 1. The number of aromatic nitrogens is 3. The third-order valence-electron chi connectivity index (χ3n) is 3.85. The summed E-state index contributed by atoms with van der Waals surface area (Å²) in [6, 6.07) is 3.87. The summed E-state index contributed by atoms with van der Waals surface area (Å²) in [7, 11) is 1.65. The summed E-state index contributed by atoms with van der Waals surface area (Å²) in [5, 5.41) is 6.54. The van der Waals surface area contributed by atoms with E-state index in [-0.39, 0.29) is 11.5 Å². The van der Waals surface area contributed by atoms with Crippen LogP contribution in [0.3, 0.4) is 0 Å². The second-order valence-corrected chi connectivity index (χ2v) is 6.80. The Labute approximate surface area is 148 Å². The predicted molar refractivity (Wildman–Crippen MR) is 99.4 cm³/mol. The van der Waals surface area contributed by atoms with Gasteiger partial charge in [0, 0.05) is 26.3 Å². The molecule has 0 unspecified atom stereocenters. The summed E-state index contributed by atoms with van der Waals surface area (Å²) in [5.41, 5.74) is 1.67. The Morgan fingerprint density at radius 2 is 2.08 bits per heavy atom. The zero-order chi connectivity index (χ0) is 18.0. The van der Waals surface area contributed by atoms with Crippen LogP contribution in [0.1, 0.15) is 20.8 Å². The van der Waals surface area contributed by atoms with Crippen molar-refractivity contribution in [1.82, 2.24) is 19.9 Å². The molecule has 25 heavy (non-hydrogen) atoms. The van der Waals surface area contributed by atoms with Gasteiger partial charge in [-0.15, -0.1) is 11.3 Å². The van der Waals surface area contributed by atoms with E-state index in [1.165, 1.54) is 22.2 Å². The SMILES string of the molecule is Cc1ccnc(NCCNC(=O)c2sc3ncn(C)c(=O)c3c2C)c1. The van der Waals surface area contributed by atoms with Gasteiger partial charge in [-0.2, -0.15) is 0 Å². The molecule has 0 saturated carbocycles. The molecule has 3 aromatic heterocycles. The molecule has 3 aromatic rings. The second kappa shape index (κ2) is 7.02. The average Bonchev–Trinajstić information content (AvgIpc) is 2.92. The van der Waals surface area contributed by atoms with Gasteiger partial charge in [-0.25, -0.2) is 9.97 Å². The van der Waals surface area contributed by atoms with E-state index in [1.807, 2.05) is 19.1 Å². The van der Waals surface area contributed by atoms with E-state index in [0.29, 0.717) is 33.7 Å². The summed E-state index contributed by atoms with van der Waals surface area (Å²) in [6.45, 7) is 4.79. The van der Waals surface area contributed by atoms with E-state index in [0.717, 1.165) is 11.4 Å². The van der Waals surface area contributed by atoms with Gasteiger partial charge in [0.25, 0.3) is 11.5 Å². The summed E-state index contributed by atoms with van der Waals surface area (Å²) in [5.74, 6) is 0.585. The first-order valence-corrected chi connectivity index (χ1v) is 8.68. The molecular weight excluding hydrogens is 338 g/mol. The monoisotopic (exact) mass is 357 g/mol. The van der Waals surface area contributed by atoms with E-state index in [4.69, 9.17) is 0 Å². The summed E-state index contributed by atoms with van der Waals surface area (Å²) in [4.78, 5) is 34.2. The van der Waals surface area contributed by atoms with Crippen LogP contribution in [-0.2, 0) is 7.05 Å². The van der Waals surface area contributed by atoms with Gasteiger partial charge < -0.3 is 15.2 Å². The van der Waals surface area contributed by atoms with Crippen LogP contribution in [0, 0.1) is 13.8 Å². The van der Waals surface area contributed by atoms with Crippen molar-refractivity contribution in [3.05, 3.63) is 51.0 Å². The van der Waals surface area contributed by atoms with Crippen molar-refractivity contribution in [2.45, 2.75) is 13.8 Å². The number of amides is 1. The first kappa shape index (κ1) is 17.1. The molecule has 2 N–H and O–H groups in total. The quantitative estimate of drug-likeness (QED) is 0.680. The lowest BCUT2D eigenvalue weighted by Gasteiger charge is -2.07. The van der Waals surface area contributed by atoms with Crippen molar-refractivity contribution in [2.24, 2.45) is 7.05 Å². The zero-order valence-corrected chi connectivity index (χ0v) is 15.1. The van der Waals surface area contributed by atoms with Gasteiger partial charge in [0.05, 0.1) is 16.6 Å². The Bertz CT molecular complexity index is 992. The largest absolute Gasteiger partial charge is 0.368 e. The number of fused-ring (bicyclic) bond motifs is 1. The fraction of sp³-hybridized carbons (Fsp3) is 0.294. The number of aryl methyl sites for hydroxylation is 3. The van der Waals surface area contributed by atoms with Crippen molar-refractivity contribution in [3.8, 4) is 0 Å². The maximum atomic E-state index is 12.4. The van der Waals surface area contributed by atoms with E-state index in [9.17, 15) is 9.59 Å². The number of pyridine rings is 1. The van der Waals surface area contributed by atoms with Crippen molar-refractivity contribution in [2.75, 3.05) is 18.4 Å². The van der Waals surface area contributed by atoms with E-state index < -0.39 is 0 Å². The van der Waals surface area contributed by atoms with Crippen LogP contribution in [0.15, 0.2) is 29.5 Å². The van der Waals surface area contributed by atoms with Crippen LogP contribution in [0.5, 0.6) is 0 Å². The molecule has 130 valence electrons. The molecule has 3 rings (SSSR count). The smallest absolute Gasteiger partial charge is 0.262 e. The van der Waals surface area contributed by atoms with Crippen molar-refractivity contribution in [1.29, 1.82) is 0 Å². The molecule has 3 heterocycles. The molecule has 0 aliphatic heterocycles. The van der Waals surface area contributed by atoms with Gasteiger partial charge in [-0.1, -0.05) is 0 Å². The number of nitrogens with one attached hydrogen (secondary N) is 2. The maximum absolute atomic E-state index is 12.4. The van der Waals surface area contributed by atoms with Crippen LogP contribution in [-0.4, -0.2) is 33.5 Å². The molecule has 0 aliphatic carbocycles. The molecule has 0 radical (unpaired) electrons. The molecule has 8 heteroatoms. The lowest BCUT2D eigenvalue weighted by molar-refractivity contribution is 0.0958. The minimum absolute atomic E-state index is 0.134. The normalized spacial score (nSPS) is 10.8. The molecule has 0 atom stereocenters. The number of nitrogens with zero attached hydrogens (tertiary/aromatic N) is 3. The van der Waals surface area contributed by atoms with Gasteiger partial charge >= 0.3 is 0 Å². The number of rotatable bonds is 5. The highest BCUT2D eigenvalue weighted by atomic mass is 32.1. The molecule has 0 saturated heterocycles. The lowest BCUT2D eigenvalue weighted by Crippen LogP contribution is -2.28. The van der Waals surface area contributed by atoms with E-state index in [2.05, 4.69) is 20.6 Å². The molecule has 0 spiro atoms. The highest BCUT2D eigenvalue weighted by molar-refractivity contribution is 7.20. The summed E-state index contributed by atoms with van der Waals surface area (Å²) >= 11 is 1.24. The number of carbonyl (C=O) groups excluding carboxylic acids is 1. The fourth-order valence-electron chi connectivity index (χ4n) is 2.51.